The Bertz CT molecular complexity index is 633. The molecule has 0 aromatic carbocycles. The first-order valence-corrected chi connectivity index (χ1v) is 10.7. The van der Waals surface area contributed by atoms with Gasteiger partial charge in [0.15, 0.2) is 0 Å². The second-order valence-electron chi connectivity index (χ2n) is 9.29. The molecule has 2 saturated heterocycles. The molecule has 0 aromatic heterocycles. The van der Waals surface area contributed by atoms with Crippen LogP contribution in [0.25, 0.3) is 0 Å². The van der Waals surface area contributed by atoms with E-state index in [1.54, 1.807) is 0 Å². The van der Waals surface area contributed by atoms with E-state index in [4.69, 9.17) is 0 Å². The van der Waals surface area contributed by atoms with Crippen molar-refractivity contribution in [1.82, 2.24) is 14.7 Å². The van der Waals surface area contributed by atoms with Crippen LogP contribution in [-0.2, 0) is 9.59 Å². The molecule has 2 aliphatic carbocycles. The molecule has 1 atom stereocenters. The third-order valence-electron chi connectivity index (χ3n) is 7.68. The van der Waals surface area contributed by atoms with Crippen molar-refractivity contribution in [2.75, 3.05) is 46.3 Å². The molecule has 4 fully saturated rings. The van der Waals surface area contributed by atoms with Crippen LogP contribution in [0.5, 0.6) is 0 Å². The first kappa shape index (κ1) is 18.7. The van der Waals surface area contributed by atoms with Gasteiger partial charge in [0.05, 0.1) is 6.07 Å². The van der Waals surface area contributed by atoms with Crippen molar-refractivity contribution in [3.05, 3.63) is 0 Å². The number of piperidine rings is 1. The highest BCUT2D eigenvalue weighted by Crippen LogP contribution is 2.60. The maximum Gasteiger partial charge on any atom is 0.243 e. The Kier molecular flexibility index (Phi) is 4.92. The van der Waals surface area contributed by atoms with Crippen molar-refractivity contribution < 1.29 is 9.59 Å². The molecular formula is C21H32N4O2. The van der Waals surface area contributed by atoms with Crippen molar-refractivity contribution in [2.24, 2.45) is 16.7 Å². The quantitative estimate of drug-likeness (QED) is 0.742. The second kappa shape index (κ2) is 7.09. The second-order valence-corrected chi connectivity index (χ2v) is 9.29. The van der Waals surface area contributed by atoms with Gasteiger partial charge < -0.3 is 14.7 Å². The van der Waals surface area contributed by atoms with E-state index in [1.807, 2.05) is 9.80 Å². The Labute approximate surface area is 162 Å². The average Bonchev–Trinajstić information content (AvgIpc) is 3.41. The van der Waals surface area contributed by atoms with Crippen LogP contribution < -0.4 is 0 Å². The van der Waals surface area contributed by atoms with Crippen LogP contribution in [-0.4, -0.2) is 72.8 Å². The molecule has 6 heteroatoms. The van der Waals surface area contributed by atoms with Gasteiger partial charge in [0.1, 0.15) is 5.41 Å². The fourth-order valence-corrected chi connectivity index (χ4v) is 5.48. The maximum absolute atomic E-state index is 13.1. The van der Waals surface area contributed by atoms with Crippen molar-refractivity contribution in [3.8, 4) is 6.07 Å². The minimum absolute atomic E-state index is 0.0575. The fraction of sp³-hybridized carbons (Fsp3) is 0.857. The first-order chi connectivity index (χ1) is 13.0. The zero-order chi connectivity index (χ0) is 19.1. The summed E-state index contributed by atoms with van der Waals surface area (Å²) in [6.07, 6.45) is 7.37. The standard InChI is InChI=1S/C21H32N4O2/c1-23-11-13-24(14-12-23)18(26)17-15-20(17)7-9-25(10-8-20)19(27)21(16-22)5-3-2-4-6-21/h17H,2-15H2,1H3. The van der Waals surface area contributed by atoms with Gasteiger partial charge in [-0.05, 0) is 44.6 Å². The molecule has 2 heterocycles. The summed E-state index contributed by atoms with van der Waals surface area (Å²) in [7, 11) is 2.10. The van der Waals surface area contributed by atoms with Crippen LogP contribution in [0.2, 0.25) is 0 Å². The highest BCUT2D eigenvalue weighted by atomic mass is 16.2. The SMILES string of the molecule is CN1CCN(C(=O)C2CC23CCN(C(=O)C2(C#N)CCCCC2)CC3)CC1. The Morgan fingerprint density at radius 3 is 2.11 bits per heavy atom. The third kappa shape index (κ3) is 3.35. The molecule has 4 rings (SSSR count). The van der Waals surface area contributed by atoms with Gasteiger partial charge in [0.25, 0.3) is 0 Å². The molecule has 1 spiro atoms. The monoisotopic (exact) mass is 372 g/mol. The van der Waals surface area contributed by atoms with Gasteiger partial charge in [-0.15, -0.1) is 0 Å². The van der Waals surface area contributed by atoms with Gasteiger partial charge in [-0.2, -0.15) is 5.26 Å². The number of amides is 2. The normalized spacial score (nSPS) is 30.0. The Balaban J connectivity index is 1.32. The van der Waals surface area contributed by atoms with E-state index < -0.39 is 5.41 Å². The number of hydrogen-bond donors (Lipinski definition) is 0. The molecule has 0 bridgehead atoms. The lowest BCUT2D eigenvalue weighted by Crippen LogP contribution is -2.50. The van der Waals surface area contributed by atoms with E-state index in [0.29, 0.717) is 18.7 Å². The van der Waals surface area contributed by atoms with E-state index in [-0.39, 0.29) is 17.2 Å². The van der Waals surface area contributed by atoms with E-state index >= 15 is 0 Å². The Hall–Kier alpha value is -1.61. The van der Waals surface area contributed by atoms with Crippen LogP contribution >= 0.6 is 0 Å². The van der Waals surface area contributed by atoms with Crippen molar-refractivity contribution in [3.63, 3.8) is 0 Å². The highest BCUT2D eigenvalue weighted by molar-refractivity contribution is 5.86. The smallest absolute Gasteiger partial charge is 0.243 e. The topological polar surface area (TPSA) is 67.7 Å². The highest BCUT2D eigenvalue weighted by Gasteiger charge is 2.60. The van der Waals surface area contributed by atoms with Crippen LogP contribution in [0.4, 0.5) is 0 Å². The van der Waals surface area contributed by atoms with E-state index in [9.17, 15) is 14.9 Å². The summed E-state index contributed by atoms with van der Waals surface area (Å²) in [4.78, 5) is 32.2. The minimum Gasteiger partial charge on any atom is -0.341 e. The number of carbonyl (C=O) groups is 2. The minimum atomic E-state index is -0.776. The number of rotatable bonds is 2. The number of nitrogens with zero attached hydrogens (tertiary/aromatic N) is 4. The van der Waals surface area contributed by atoms with E-state index in [0.717, 1.165) is 77.8 Å². The van der Waals surface area contributed by atoms with E-state index in [2.05, 4.69) is 18.0 Å². The molecule has 2 amide bonds. The molecule has 6 nitrogen and oxygen atoms in total. The largest absolute Gasteiger partial charge is 0.341 e. The van der Waals surface area contributed by atoms with Gasteiger partial charge in [-0.1, -0.05) is 19.3 Å². The number of nitriles is 1. The van der Waals surface area contributed by atoms with Gasteiger partial charge >= 0.3 is 0 Å². The van der Waals surface area contributed by atoms with Gasteiger partial charge in [0, 0.05) is 45.2 Å². The average molecular weight is 373 g/mol. The van der Waals surface area contributed by atoms with Gasteiger partial charge in [0.2, 0.25) is 11.8 Å². The van der Waals surface area contributed by atoms with Gasteiger partial charge in [-0.25, -0.2) is 0 Å². The summed E-state index contributed by atoms with van der Waals surface area (Å²) < 4.78 is 0. The molecule has 1 unspecified atom stereocenters. The predicted molar refractivity (Wildman–Crippen MR) is 102 cm³/mol. The van der Waals surface area contributed by atoms with Crippen molar-refractivity contribution in [2.45, 2.75) is 51.4 Å². The first-order valence-electron chi connectivity index (χ1n) is 10.7. The zero-order valence-corrected chi connectivity index (χ0v) is 16.6. The Morgan fingerprint density at radius 2 is 1.52 bits per heavy atom. The van der Waals surface area contributed by atoms with Crippen LogP contribution in [0, 0.1) is 28.1 Å². The summed E-state index contributed by atoms with van der Waals surface area (Å²) >= 11 is 0. The van der Waals surface area contributed by atoms with Crippen LogP contribution in [0.15, 0.2) is 0 Å². The van der Waals surface area contributed by atoms with Crippen LogP contribution in [0.1, 0.15) is 51.4 Å². The number of carbonyl (C=O) groups excluding carboxylic acids is 2. The molecule has 0 radical (unpaired) electrons. The molecule has 2 aliphatic heterocycles. The lowest BCUT2D eigenvalue weighted by molar-refractivity contribution is -0.142. The molecular weight excluding hydrogens is 340 g/mol. The van der Waals surface area contributed by atoms with Crippen LogP contribution in [0.3, 0.4) is 0 Å². The lowest BCUT2D eigenvalue weighted by atomic mass is 9.73. The lowest BCUT2D eigenvalue weighted by Gasteiger charge is -2.39. The number of piperazine rings is 1. The predicted octanol–water partition coefficient (Wildman–Crippen LogP) is 1.86. The van der Waals surface area contributed by atoms with E-state index in [1.165, 1.54) is 0 Å². The molecule has 27 heavy (non-hydrogen) atoms. The zero-order valence-electron chi connectivity index (χ0n) is 16.6. The number of likely N-dealkylation sites (tertiary alicyclic amines) is 1. The Morgan fingerprint density at radius 1 is 0.889 bits per heavy atom. The molecule has 2 saturated carbocycles. The molecule has 148 valence electrons. The maximum atomic E-state index is 13.1. The number of likely N-dealkylation sites (N-methyl/N-ethyl adjacent to an activating group) is 1. The van der Waals surface area contributed by atoms with Gasteiger partial charge in [-0.3, -0.25) is 9.59 Å². The third-order valence-corrected chi connectivity index (χ3v) is 7.68. The molecule has 0 N–H and O–H groups in total. The fourth-order valence-electron chi connectivity index (χ4n) is 5.48. The molecule has 4 aliphatic rings. The molecule has 0 aromatic rings. The number of hydrogen-bond acceptors (Lipinski definition) is 4. The summed E-state index contributed by atoms with van der Waals surface area (Å²) in [5, 5.41) is 9.68. The van der Waals surface area contributed by atoms with Crippen molar-refractivity contribution in [1.29, 1.82) is 5.26 Å². The summed E-state index contributed by atoms with van der Waals surface area (Å²) in [6.45, 7) is 5.05. The van der Waals surface area contributed by atoms with Crippen molar-refractivity contribution >= 4 is 11.8 Å². The summed E-state index contributed by atoms with van der Waals surface area (Å²) in [6, 6.07) is 2.37. The summed E-state index contributed by atoms with van der Waals surface area (Å²) in [5.41, 5.74) is -0.648. The summed E-state index contributed by atoms with van der Waals surface area (Å²) in [5.74, 6) is 0.559.